The van der Waals surface area contributed by atoms with E-state index in [9.17, 15) is 0 Å². The first-order chi connectivity index (χ1) is 9.15. The average molecular weight is 276 g/mol. The van der Waals surface area contributed by atoms with Crippen LogP contribution in [0.15, 0.2) is 33.2 Å². The highest BCUT2D eigenvalue weighted by atomic mass is 35.5. The molecule has 3 rings (SSSR count). The van der Waals surface area contributed by atoms with E-state index in [1.807, 2.05) is 26.0 Å². The first-order valence-corrected chi connectivity index (χ1v) is 6.05. The van der Waals surface area contributed by atoms with E-state index in [0.717, 1.165) is 16.8 Å². The van der Waals surface area contributed by atoms with Crippen molar-refractivity contribution in [3.8, 4) is 22.9 Å². The second-order valence-electron chi connectivity index (χ2n) is 4.12. The molecule has 96 valence electrons. The highest BCUT2D eigenvalue weighted by molar-refractivity contribution is 6.30. The minimum Gasteiger partial charge on any atom is -0.416 e. The molecule has 0 saturated heterocycles. The van der Waals surface area contributed by atoms with Crippen LogP contribution < -0.4 is 0 Å². The molecule has 5 nitrogen and oxygen atoms in total. The Kier molecular flexibility index (Phi) is 2.83. The van der Waals surface area contributed by atoms with E-state index in [0.29, 0.717) is 22.6 Å². The molecule has 0 saturated carbocycles. The van der Waals surface area contributed by atoms with Gasteiger partial charge in [-0.3, -0.25) is 0 Å². The SMILES string of the molecule is Cc1noc(C)c1-c1nnc(-c2ccc(Cl)cc2)o1. The molecule has 0 aliphatic carbocycles. The Bertz CT molecular complexity index is 696. The lowest BCUT2D eigenvalue weighted by Crippen LogP contribution is -1.81. The molecule has 0 bridgehead atoms. The fraction of sp³-hybridized carbons (Fsp3) is 0.154. The normalized spacial score (nSPS) is 10.9. The van der Waals surface area contributed by atoms with Gasteiger partial charge >= 0.3 is 0 Å². The number of halogens is 1. The van der Waals surface area contributed by atoms with Gasteiger partial charge in [-0.2, -0.15) is 0 Å². The van der Waals surface area contributed by atoms with E-state index in [4.69, 9.17) is 20.5 Å². The summed E-state index contributed by atoms with van der Waals surface area (Å²) in [6.45, 7) is 3.64. The van der Waals surface area contributed by atoms with Crippen molar-refractivity contribution in [2.24, 2.45) is 0 Å². The summed E-state index contributed by atoms with van der Waals surface area (Å²) < 4.78 is 10.7. The zero-order valence-corrected chi connectivity index (χ0v) is 11.1. The van der Waals surface area contributed by atoms with Crippen molar-refractivity contribution >= 4 is 11.6 Å². The highest BCUT2D eigenvalue weighted by Crippen LogP contribution is 2.28. The van der Waals surface area contributed by atoms with Gasteiger partial charge in [0.1, 0.15) is 11.3 Å². The average Bonchev–Trinajstić information content (AvgIpc) is 2.98. The first kappa shape index (κ1) is 11.9. The Hall–Kier alpha value is -2.14. The van der Waals surface area contributed by atoms with Crippen molar-refractivity contribution in [1.29, 1.82) is 0 Å². The Morgan fingerprint density at radius 2 is 1.68 bits per heavy atom. The molecule has 3 aromatic rings. The second-order valence-corrected chi connectivity index (χ2v) is 4.55. The molecule has 0 radical (unpaired) electrons. The van der Waals surface area contributed by atoms with Gasteiger partial charge in [-0.15, -0.1) is 10.2 Å². The van der Waals surface area contributed by atoms with Gasteiger partial charge in [0.15, 0.2) is 0 Å². The van der Waals surface area contributed by atoms with Gasteiger partial charge in [-0.25, -0.2) is 0 Å². The molecule has 0 fully saturated rings. The van der Waals surface area contributed by atoms with Crippen LogP contribution in [0.1, 0.15) is 11.5 Å². The lowest BCUT2D eigenvalue weighted by atomic mass is 10.2. The molecule has 1 aromatic carbocycles. The number of rotatable bonds is 2. The van der Waals surface area contributed by atoms with E-state index >= 15 is 0 Å². The van der Waals surface area contributed by atoms with Crippen LogP contribution in [0, 0.1) is 13.8 Å². The fourth-order valence-electron chi connectivity index (χ4n) is 1.82. The molecule has 0 atom stereocenters. The number of hydrogen-bond acceptors (Lipinski definition) is 5. The van der Waals surface area contributed by atoms with Crippen LogP contribution in [0.2, 0.25) is 5.02 Å². The second kappa shape index (κ2) is 4.51. The number of hydrogen-bond donors (Lipinski definition) is 0. The third-order valence-electron chi connectivity index (χ3n) is 2.76. The zero-order valence-electron chi connectivity index (χ0n) is 10.3. The van der Waals surface area contributed by atoms with Gasteiger partial charge in [-0.1, -0.05) is 16.8 Å². The number of benzene rings is 1. The van der Waals surface area contributed by atoms with Gasteiger partial charge in [0.25, 0.3) is 5.89 Å². The summed E-state index contributed by atoms with van der Waals surface area (Å²) in [5, 5.41) is 12.6. The minimum atomic E-state index is 0.404. The van der Waals surface area contributed by atoms with Crippen LogP contribution in [-0.4, -0.2) is 15.4 Å². The van der Waals surface area contributed by atoms with Gasteiger partial charge in [0.2, 0.25) is 5.89 Å². The van der Waals surface area contributed by atoms with Gasteiger partial charge < -0.3 is 8.94 Å². The predicted octanol–water partition coefficient (Wildman–Crippen LogP) is 3.66. The molecular weight excluding hydrogens is 266 g/mol. The molecular formula is C13H10ClN3O2. The quantitative estimate of drug-likeness (QED) is 0.714. The van der Waals surface area contributed by atoms with Crippen molar-refractivity contribution < 1.29 is 8.94 Å². The molecule has 0 N–H and O–H groups in total. The van der Waals surface area contributed by atoms with Crippen LogP contribution in [0.5, 0.6) is 0 Å². The maximum absolute atomic E-state index is 5.84. The van der Waals surface area contributed by atoms with Crippen molar-refractivity contribution in [3.63, 3.8) is 0 Å². The monoisotopic (exact) mass is 275 g/mol. The van der Waals surface area contributed by atoms with Crippen LogP contribution in [0.25, 0.3) is 22.9 Å². The molecule has 6 heteroatoms. The van der Waals surface area contributed by atoms with E-state index < -0.39 is 0 Å². The maximum Gasteiger partial charge on any atom is 0.253 e. The highest BCUT2D eigenvalue weighted by Gasteiger charge is 2.18. The Morgan fingerprint density at radius 3 is 2.32 bits per heavy atom. The lowest BCUT2D eigenvalue weighted by Gasteiger charge is -1.94. The Labute approximate surface area is 114 Å². The smallest absolute Gasteiger partial charge is 0.253 e. The standard InChI is InChI=1S/C13H10ClN3O2/c1-7-11(8(2)19-17-7)13-16-15-12(18-13)9-3-5-10(14)6-4-9/h3-6H,1-2H3. The number of aromatic nitrogens is 3. The topological polar surface area (TPSA) is 65.0 Å². The van der Waals surface area contributed by atoms with E-state index in [-0.39, 0.29) is 0 Å². The third kappa shape index (κ3) is 2.13. The molecule has 19 heavy (non-hydrogen) atoms. The molecule has 2 heterocycles. The lowest BCUT2D eigenvalue weighted by molar-refractivity contribution is 0.393. The Balaban J connectivity index is 2.02. The van der Waals surface area contributed by atoms with Crippen LogP contribution in [-0.2, 0) is 0 Å². The predicted molar refractivity (Wildman–Crippen MR) is 69.7 cm³/mol. The van der Waals surface area contributed by atoms with Crippen molar-refractivity contribution in [2.45, 2.75) is 13.8 Å². The van der Waals surface area contributed by atoms with Crippen molar-refractivity contribution in [1.82, 2.24) is 15.4 Å². The molecule has 0 unspecified atom stereocenters. The number of nitrogens with zero attached hydrogens (tertiary/aromatic N) is 3. The summed E-state index contributed by atoms with van der Waals surface area (Å²) in [7, 11) is 0. The van der Waals surface area contributed by atoms with Gasteiger partial charge in [0, 0.05) is 10.6 Å². The van der Waals surface area contributed by atoms with Crippen LogP contribution in [0.3, 0.4) is 0 Å². The third-order valence-corrected chi connectivity index (χ3v) is 3.02. The largest absolute Gasteiger partial charge is 0.416 e. The molecule has 2 aromatic heterocycles. The van der Waals surface area contributed by atoms with E-state index in [1.54, 1.807) is 12.1 Å². The van der Waals surface area contributed by atoms with Gasteiger partial charge in [0.05, 0.1) is 5.69 Å². The van der Waals surface area contributed by atoms with Crippen LogP contribution in [0.4, 0.5) is 0 Å². The van der Waals surface area contributed by atoms with Crippen molar-refractivity contribution in [3.05, 3.63) is 40.7 Å². The maximum atomic E-state index is 5.84. The van der Waals surface area contributed by atoms with E-state index in [2.05, 4.69) is 15.4 Å². The van der Waals surface area contributed by atoms with Crippen LogP contribution >= 0.6 is 11.6 Å². The minimum absolute atomic E-state index is 0.404. The summed E-state index contributed by atoms with van der Waals surface area (Å²) >= 11 is 5.84. The summed E-state index contributed by atoms with van der Waals surface area (Å²) in [5.41, 5.74) is 2.28. The summed E-state index contributed by atoms with van der Waals surface area (Å²) in [6.07, 6.45) is 0. The molecule has 0 amide bonds. The molecule has 0 spiro atoms. The number of aryl methyl sites for hydroxylation is 2. The summed E-state index contributed by atoms with van der Waals surface area (Å²) in [4.78, 5) is 0. The molecule has 0 aliphatic rings. The Morgan fingerprint density at radius 1 is 1.00 bits per heavy atom. The summed E-state index contributed by atoms with van der Waals surface area (Å²) in [5.74, 6) is 1.50. The van der Waals surface area contributed by atoms with E-state index in [1.165, 1.54) is 0 Å². The molecule has 0 aliphatic heterocycles. The van der Waals surface area contributed by atoms with Crippen molar-refractivity contribution in [2.75, 3.05) is 0 Å². The fourth-order valence-corrected chi connectivity index (χ4v) is 1.95. The zero-order chi connectivity index (χ0) is 13.4. The summed E-state index contributed by atoms with van der Waals surface area (Å²) in [6, 6.07) is 7.20. The first-order valence-electron chi connectivity index (χ1n) is 5.68. The van der Waals surface area contributed by atoms with Gasteiger partial charge in [-0.05, 0) is 38.1 Å².